The first kappa shape index (κ1) is 26.5. The number of anilines is 1. The fourth-order valence-electron chi connectivity index (χ4n) is 4.52. The molecule has 1 unspecified atom stereocenters. The predicted molar refractivity (Wildman–Crippen MR) is 150 cm³/mol. The third-order valence-electron chi connectivity index (χ3n) is 6.84. The van der Waals surface area contributed by atoms with Crippen molar-refractivity contribution in [2.24, 2.45) is 4.99 Å². The van der Waals surface area contributed by atoms with Gasteiger partial charge in [0.25, 0.3) is 0 Å². The summed E-state index contributed by atoms with van der Waals surface area (Å²) in [5.74, 6) is 0.393. The lowest BCUT2D eigenvalue weighted by Crippen LogP contribution is -2.47. The van der Waals surface area contributed by atoms with E-state index in [-0.39, 0.29) is 24.1 Å². The van der Waals surface area contributed by atoms with Crippen LogP contribution in [0.15, 0.2) is 29.3 Å². The van der Waals surface area contributed by atoms with Gasteiger partial charge in [-0.1, -0.05) is 23.7 Å². The van der Waals surface area contributed by atoms with Gasteiger partial charge in [0.05, 0.1) is 5.71 Å². The highest BCUT2D eigenvalue weighted by Gasteiger charge is 2.34. The number of halogens is 1. The SMILES string of the molecule is CC(=N)N1C(=N)C(CNC(=O)CCN2CCN(C)CC2)N=C(c2ccc(Cl)cc2)c2c1sc(C)c2C. The van der Waals surface area contributed by atoms with E-state index in [9.17, 15) is 4.79 Å². The highest BCUT2D eigenvalue weighted by atomic mass is 35.5. The van der Waals surface area contributed by atoms with E-state index in [0.29, 0.717) is 11.4 Å². The lowest BCUT2D eigenvalue weighted by molar-refractivity contribution is -0.121. The van der Waals surface area contributed by atoms with Crippen LogP contribution < -0.4 is 10.2 Å². The molecule has 1 aromatic carbocycles. The number of rotatable bonds is 6. The molecule has 1 saturated heterocycles. The maximum Gasteiger partial charge on any atom is 0.221 e. The van der Waals surface area contributed by atoms with Crippen LogP contribution in [-0.4, -0.2) is 85.4 Å². The molecule has 2 aliphatic rings. The first-order chi connectivity index (χ1) is 17.2. The molecular weight excluding hydrogens is 494 g/mol. The van der Waals surface area contributed by atoms with Crippen molar-refractivity contribution in [3.05, 3.63) is 50.9 Å². The molecule has 3 N–H and O–H groups in total. The lowest BCUT2D eigenvalue weighted by atomic mass is 10.00. The second kappa shape index (κ2) is 11.2. The normalized spacial score (nSPS) is 19.0. The fourth-order valence-corrected chi connectivity index (χ4v) is 5.87. The van der Waals surface area contributed by atoms with Crippen LogP contribution in [0.1, 0.15) is 34.9 Å². The number of likely N-dealkylation sites (N-methyl/N-ethyl adjacent to an activating group) is 1. The lowest BCUT2D eigenvalue weighted by Gasteiger charge is -2.32. The molecule has 0 bridgehead atoms. The molecule has 2 aliphatic heterocycles. The van der Waals surface area contributed by atoms with Gasteiger partial charge in [-0.3, -0.25) is 25.5 Å². The zero-order valence-corrected chi connectivity index (χ0v) is 22.9. The van der Waals surface area contributed by atoms with Crippen LogP contribution in [0.3, 0.4) is 0 Å². The van der Waals surface area contributed by atoms with E-state index in [1.165, 1.54) is 0 Å². The molecule has 10 heteroatoms. The molecule has 1 atom stereocenters. The third-order valence-corrected chi connectivity index (χ3v) is 8.29. The molecule has 0 radical (unpaired) electrons. The fraction of sp³-hybridized carbons (Fsp3) is 0.462. The Balaban J connectivity index is 1.59. The van der Waals surface area contributed by atoms with Crippen molar-refractivity contribution in [3.63, 3.8) is 0 Å². The molecule has 4 rings (SSSR count). The van der Waals surface area contributed by atoms with Crippen molar-refractivity contribution in [1.82, 2.24) is 15.1 Å². The summed E-state index contributed by atoms with van der Waals surface area (Å²) < 4.78 is 0. The minimum atomic E-state index is -0.622. The molecule has 0 saturated carbocycles. The molecule has 2 aromatic rings. The first-order valence-corrected chi connectivity index (χ1v) is 13.4. The molecule has 0 spiro atoms. The van der Waals surface area contributed by atoms with Gasteiger partial charge in [0.1, 0.15) is 22.7 Å². The number of carbonyl (C=O) groups excluding carboxylic acids is 1. The summed E-state index contributed by atoms with van der Waals surface area (Å²) in [6.45, 7) is 10.7. The average Bonchev–Trinajstić information content (AvgIpc) is 3.05. The van der Waals surface area contributed by atoms with Crippen molar-refractivity contribution in [3.8, 4) is 0 Å². The molecule has 192 valence electrons. The van der Waals surface area contributed by atoms with Gasteiger partial charge in [0.15, 0.2) is 0 Å². The molecule has 1 fully saturated rings. The summed E-state index contributed by atoms with van der Waals surface area (Å²) in [5, 5.41) is 21.9. The summed E-state index contributed by atoms with van der Waals surface area (Å²) in [5.41, 5.74) is 3.67. The zero-order valence-electron chi connectivity index (χ0n) is 21.3. The van der Waals surface area contributed by atoms with Crippen molar-refractivity contribution in [2.45, 2.75) is 33.2 Å². The number of hydrogen-bond donors (Lipinski definition) is 3. The van der Waals surface area contributed by atoms with E-state index >= 15 is 0 Å². The number of nitrogens with zero attached hydrogens (tertiary/aromatic N) is 4. The van der Waals surface area contributed by atoms with Crippen LogP contribution >= 0.6 is 22.9 Å². The van der Waals surface area contributed by atoms with Gasteiger partial charge in [0.2, 0.25) is 5.91 Å². The Morgan fingerprint density at radius 1 is 1.19 bits per heavy atom. The summed E-state index contributed by atoms with van der Waals surface area (Å²) in [4.78, 5) is 25.1. The maximum absolute atomic E-state index is 12.7. The molecular formula is C26H34ClN7OS. The van der Waals surface area contributed by atoms with Crippen molar-refractivity contribution in [1.29, 1.82) is 10.8 Å². The Hall–Kier alpha value is -2.59. The molecule has 0 aliphatic carbocycles. The third kappa shape index (κ3) is 5.70. The Kier molecular flexibility index (Phi) is 8.24. The van der Waals surface area contributed by atoms with Gasteiger partial charge in [-0.15, -0.1) is 11.3 Å². The Morgan fingerprint density at radius 2 is 1.86 bits per heavy atom. The van der Waals surface area contributed by atoms with Gasteiger partial charge in [-0.05, 0) is 45.5 Å². The Bertz CT molecular complexity index is 1180. The smallest absolute Gasteiger partial charge is 0.221 e. The van der Waals surface area contributed by atoms with Gasteiger partial charge >= 0.3 is 0 Å². The van der Waals surface area contributed by atoms with Gasteiger partial charge in [-0.25, -0.2) is 0 Å². The van der Waals surface area contributed by atoms with E-state index in [1.54, 1.807) is 23.2 Å². The number of aryl methyl sites for hydroxylation is 1. The van der Waals surface area contributed by atoms with E-state index in [2.05, 4.69) is 29.1 Å². The first-order valence-electron chi connectivity index (χ1n) is 12.2. The summed E-state index contributed by atoms with van der Waals surface area (Å²) in [6.07, 6.45) is 0.413. The number of amides is 1. The predicted octanol–water partition coefficient (Wildman–Crippen LogP) is 3.77. The summed E-state index contributed by atoms with van der Waals surface area (Å²) >= 11 is 7.71. The number of carbonyl (C=O) groups is 1. The topological polar surface area (TPSA) is 98.9 Å². The minimum Gasteiger partial charge on any atom is -0.353 e. The Morgan fingerprint density at radius 3 is 2.50 bits per heavy atom. The van der Waals surface area contributed by atoms with Crippen molar-refractivity contribution >= 4 is 51.2 Å². The summed E-state index contributed by atoms with van der Waals surface area (Å²) in [6, 6.07) is 6.90. The molecule has 3 heterocycles. The largest absolute Gasteiger partial charge is 0.353 e. The van der Waals surface area contributed by atoms with E-state index in [0.717, 1.165) is 65.0 Å². The van der Waals surface area contributed by atoms with Crippen LogP contribution in [0.25, 0.3) is 0 Å². The highest BCUT2D eigenvalue weighted by molar-refractivity contribution is 7.17. The number of fused-ring (bicyclic) bond motifs is 1. The van der Waals surface area contributed by atoms with Crippen LogP contribution in [0, 0.1) is 24.7 Å². The number of benzene rings is 1. The quantitative estimate of drug-likeness (QED) is 0.393. The van der Waals surface area contributed by atoms with Crippen LogP contribution in [0.4, 0.5) is 5.00 Å². The number of aliphatic imine (C=N–C) groups is 1. The minimum absolute atomic E-state index is 0.0471. The molecule has 8 nitrogen and oxygen atoms in total. The number of thiophene rings is 1. The molecule has 36 heavy (non-hydrogen) atoms. The average molecular weight is 528 g/mol. The van der Waals surface area contributed by atoms with Gasteiger partial charge in [-0.2, -0.15) is 0 Å². The van der Waals surface area contributed by atoms with E-state index < -0.39 is 6.04 Å². The number of hydrogen-bond acceptors (Lipinski definition) is 7. The number of piperazine rings is 1. The number of amidine groups is 2. The van der Waals surface area contributed by atoms with E-state index in [4.69, 9.17) is 27.4 Å². The van der Waals surface area contributed by atoms with Crippen LogP contribution in [-0.2, 0) is 4.79 Å². The standard InChI is InChI=1S/C26H34ClN7OS/c1-16-17(2)36-26-23(16)24(19-5-7-20(27)8-6-19)31-21(25(29)34(26)18(3)28)15-30-22(35)9-10-33-13-11-32(4)12-14-33/h5-8,21,28-29H,9-15H2,1-4H3,(H,30,35). The van der Waals surface area contributed by atoms with E-state index in [1.807, 2.05) is 31.2 Å². The Labute approximate surface area is 222 Å². The second-order valence-electron chi connectivity index (χ2n) is 9.47. The monoisotopic (exact) mass is 527 g/mol. The summed E-state index contributed by atoms with van der Waals surface area (Å²) in [7, 11) is 2.12. The zero-order chi connectivity index (χ0) is 26.0. The number of nitrogens with one attached hydrogen (secondary N) is 3. The van der Waals surface area contributed by atoms with Crippen LogP contribution in [0.2, 0.25) is 5.02 Å². The van der Waals surface area contributed by atoms with Gasteiger partial charge in [0, 0.05) is 66.7 Å². The van der Waals surface area contributed by atoms with Gasteiger partial charge < -0.3 is 15.1 Å². The second-order valence-corrected chi connectivity index (χ2v) is 11.1. The molecule has 1 amide bonds. The van der Waals surface area contributed by atoms with Crippen molar-refractivity contribution in [2.75, 3.05) is 51.2 Å². The highest BCUT2D eigenvalue weighted by Crippen LogP contribution is 2.39. The van der Waals surface area contributed by atoms with Crippen molar-refractivity contribution < 1.29 is 4.79 Å². The van der Waals surface area contributed by atoms with Crippen LogP contribution in [0.5, 0.6) is 0 Å². The maximum atomic E-state index is 12.7. The molecule has 1 aromatic heterocycles.